The maximum atomic E-state index is 12.4. The number of rotatable bonds is 3. The van der Waals surface area contributed by atoms with E-state index in [0.29, 0.717) is 17.8 Å². The molecule has 0 aliphatic heterocycles. The predicted molar refractivity (Wildman–Crippen MR) is 74.3 cm³/mol. The van der Waals surface area contributed by atoms with E-state index < -0.39 is 31.5 Å². The number of hydrogen-bond acceptors (Lipinski definition) is 5. The number of sulfone groups is 1. The molecule has 2 rings (SSSR count). The van der Waals surface area contributed by atoms with Crippen LogP contribution in [0.4, 0.5) is 13.2 Å². The minimum Gasteiger partial charge on any atom is -0.244 e. The number of hydrogen-bond donors (Lipinski definition) is 0. The van der Waals surface area contributed by atoms with Crippen molar-refractivity contribution in [1.82, 2.24) is 4.98 Å². The normalized spacial score (nSPS) is 12.9. The van der Waals surface area contributed by atoms with Crippen LogP contribution in [-0.4, -0.2) is 13.4 Å². The van der Waals surface area contributed by atoms with Gasteiger partial charge in [-0.25, -0.2) is 13.4 Å². The Labute approximate surface area is 128 Å². The summed E-state index contributed by atoms with van der Waals surface area (Å²) in [6, 6.07) is 4.49. The summed E-state index contributed by atoms with van der Waals surface area (Å²) in [5.74, 6) is 0. The molecule has 0 amide bonds. The quantitative estimate of drug-likeness (QED) is 0.799. The van der Waals surface area contributed by atoms with Crippen LogP contribution in [0.25, 0.3) is 6.08 Å². The van der Waals surface area contributed by atoms with Gasteiger partial charge < -0.3 is 0 Å². The van der Waals surface area contributed by atoms with E-state index in [4.69, 9.17) is 5.26 Å². The molecule has 0 radical (unpaired) electrons. The van der Waals surface area contributed by atoms with Gasteiger partial charge >= 0.3 is 6.18 Å². The van der Waals surface area contributed by atoms with Crippen molar-refractivity contribution in [3.05, 3.63) is 51.2 Å². The van der Waals surface area contributed by atoms with E-state index >= 15 is 0 Å². The van der Waals surface area contributed by atoms with Crippen molar-refractivity contribution in [2.75, 3.05) is 0 Å². The third kappa shape index (κ3) is 3.35. The van der Waals surface area contributed by atoms with Gasteiger partial charge in [0.15, 0.2) is 9.93 Å². The Morgan fingerprint density at radius 3 is 2.50 bits per heavy atom. The Morgan fingerprint density at radius 2 is 2.05 bits per heavy atom. The van der Waals surface area contributed by atoms with Gasteiger partial charge in [0.25, 0.3) is 0 Å². The summed E-state index contributed by atoms with van der Waals surface area (Å²) < 4.78 is 61.8. The molecule has 114 valence electrons. The topological polar surface area (TPSA) is 70.8 Å². The lowest BCUT2D eigenvalue weighted by atomic mass is 10.3. The SMILES string of the molecule is N#CC(=Cc1ccsc1)S(=O)(=O)c1ccc(C(F)(F)F)cn1. The Hall–Kier alpha value is -2.18. The first-order chi connectivity index (χ1) is 10.2. The van der Waals surface area contributed by atoms with Gasteiger partial charge in [0, 0.05) is 6.20 Å². The second-order valence-electron chi connectivity index (χ2n) is 4.06. The number of thiophene rings is 1. The summed E-state index contributed by atoms with van der Waals surface area (Å²) in [7, 11) is -4.26. The number of allylic oxidation sites excluding steroid dienone is 1. The molecule has 0 N–H and O–H groups in total. The third-order valence-electron chi connectivity index (χ3n) is 2.58. The van der Waals surface area contributed by atoms with Crippen molar-refractivity contribution in [1.29, 1.82) is 5.26 Å². The smallest absolute Gasteiger partial charge is 0.244 e. The molecular weight excluding hydrogens is 337 g/mol. The van der Waals surface area contributed by atoms with Gasteiger partial charge in [-0.3, -0.25) is 0 Å². The van der Waals surface area contributed by atoms with Crippen LogP contribution in [0, 0.1) is 11.3 Å². The fourth-order valence-corrected chi connectivity index (χ4v) is 3.19. The molecule has 0 fully saturated rings. The summed E-state index contributed by atoms with van der Waals surface area (Å²) in [4.78, 5) is 2.73. The van der Waals surface area contributed by atoms with Gasteiger partial charge in [-0.1, -0.05) is 0 Å². The molecule has 4 nitrogen and oxygen atoms in total. The summed E-state index contributed by atoms with van der Waals surface area (Å²) >= 11 is 1.31. The molecule has 0 aliphatic rings. The number of halogens is 3. The van der Waals surface area contributed by atoms with Gasteiger partial charge in [-0.05, 0) is 40.6 Å². The van der Waals surface area contributed by atoms with E-state index in [1.54, 1.807) is 16.8 Å². The van der Waals surface area contributed by atoms with Crippen molar-refractivity contribution in [3.8, 4) is 6.07 Å². The van der Waals surface area contributed by atoms with Crippen molar-refractivity contribution < 1.29 is 21.6 Å². The van der Waals surface area contributed by atoms with Gasteiger partial charge in [0.05, 0.1) is 5.56 Å². The summed E-state index contributed by atoms with van der Waals surface area (Å²) in [5.41, 5.74) is -0.552. The average molecular weight is 344 g/mol. The lowest BCUT2D eigenvalue weighted by molar-refractivity contribution is -0.137. The highest BCUT2D eigenvalue weighted by Crippen LogP contribution is 2.29. The molecule has 0 aliphatic carbocycles. The standard InChI is InChI=1S/C13H7F3N2O2S2/c14-13(15,16)10-1-2-12(18-7-10)22(19,20)11(6-17)5-9-3-4-21-8-9/h1-5,7-8H. The second kappa shape index (κ2) is 5.90. The van der Waals surface area contributed by atoms with Crippen LogP contribution in [0.15, 0.2) is 45.1 Å². The van der Waals surface area contributed by atoms with Crippen molar-refractivity contribution >= 4 is 27.3 Å². The summed E-state index contributed by atoms with van der Waals surface area (Å²) in [5, 5.41) is 11.7. The van der Waals surface area contributed by atoms with E-state index in [1.807, 2.05) is 0 Å². The fraction of sp³-hybridized carbons (Fsp3) is 0.0769. The Kier molecular flexibility index (Phi) is 4.35. The van der Waals surface area contributed by atoms with Crippen LogP contribution in [-0.2, 0) is 16.0 Å². The highest BCUT2D eigenvalue weighted by Gasteiger charge is 2.32. The molecule has 0 spiro atoms. The number of nitriles is 1. The van der Waals surface area contributed by atoms with E-state index in [-0.39, 0.29) is 0 Å². The van der Waals surface area contributed by atoms with Gasteiger partial charge in [-0.2, -0.15) is 29.8 Å². The Balaban J connectivity index is 2.44. The van der Waals surface area contributed by atoms with E-state index in [9.17, 15) is 21.6 Å². The molecule has 0 atom stereocenters. The largest absolute Gasteiger partial charge is 0.417 e. The molecule has 2 aromatic rings. The highest BCUT2D eigenvalue weighted by molar-refractivity contribution is 7.95. The molecule has 0 bridgehead atoms. The fourth-order valence-electron chi connectivity index (χ4n) is 1.50. The number of pyridine rings is 1. The average Bonchev–Trinajstić information content (AvgIpc) is 2.96. The molecule has 0 saturated heterocycles. The molecule has 22 heavy (non-hydrogen) atoms. The molecule has 0 aromatic carbocycles. The van der Waals surface area contributed by atoms with Crippen LogP contribution in [0.3, 0.4) is 0 Å². The highest BCUT2D eigenvalue weighted by atomic mass is 32.2. The minimum absolute atomic E-state index is 0.423. The summed E-state index contributed by atoms with van der Waals surface area (Å²) in [6.45, 7) is 0. The lowest BCUT2D eigenvalue weighted by Gasteiger charge is -2.07. The van der Waals surface area contributed by atoms with Crippen LogP contribution in [0.5, 0.6) is 0 Å². The maximum absolute atomic E-state index is 12.4. The van der Waals surface area contributed by atoms with Crippen LogP contribution < -0.4 is 0 Å². The monoisotopic (exact) mass is 344 g/mol. The van der Waals surface area contributed by atoms with Gasteiger partial charge in [0.2, 0.25) is 9.84 Å². The number of nitrogens with zero attached hydrogens (tertiary/aromatic N) is 2. The van der Waals surface area contributed by atoms with Gasteiger partial charge in [-0.15, -0.1) is 0 Å². The van der Waals surface area contributed by atoms with E-state index in [0.717, 1.165) is 12.1 Å². The maximum Gasteiger partial charge on any atom is 0.417 e. The lowest BCUT2D eigenvalue weighted by Crippen LogP contribution is -2.09. The zero-order chi connectivity index (χ0) is 16.4. The van der Waals surface area contributed by atoms with Crippen molar-refractivity contribution in [2.24, 2.45) is 0 Å². The minimum atomic E-state index is -4.61. The van der Waals surface area contributed by atoms with E-state index in [1.165, 1.54) is 17.4 Å². The van der Waals surface area contributed by atoms with Crippen molar-refractivity contribution in [2.45, 2.75) is 11.2 Å². The molecule has 0 unspecified atom stereocenters. The van der Waals surface area contributed by atoms with Gasteiger partial charge in [0.1, 0.15) is 6.07 Å². The zero-order valence-corrected chi connectivity index (χ0v) is 12.3. The van der Waals surface area contributed by atoms with Crippen molar-refractivity contribution in [3.63, 3.8) is 0 Å². The van der Waals surface area contributed by atoms with Crippen LogP contribution in [0.2, 0.25) is 0 Å². The molecule has 0 saturated carbocycles. The number of aromatic nitrogens is 1. The van der Waals surface area contributed by atoms with Crippen LogP contribution in [0.1, 0.15) is 11.1 Å². The number of alkyl halides is 3. The molecule has 2 heterocycles. The Bertz CT molecular complexity index is 831. The first-order valence-electron chi connectivity index (χ1n) is 5.67. The van der Waals surface area contributed by atoms with Crippen LogP contribution >= 0.6 is 11.3 Å². The second-order valence-corrected chi connectivity index (χ2v) is 6.71. The molecular formula is C13H7F3N2O2S2. The Morgan fingerprint density at radius 1 is 1.32 bits per heavy atom. The third-order valence-corrected chi connectivity index (χ3v) is 4.86. The first-order valence-corrected chi connectivity index (χ1v) is 8.10. The summed E-state index contributed by atoms with van der Waals surface area (Å²) in [6.07, 6.45) is -3.04. The predicted octanol–water partition coefficient (Wildman–Crippen LogP) is 3.50. The molecule has 2 aromatic heterocycles. The molecule has 9 heteroatoms. The first kappa shape index (κ1) is 16.2. The van der Waals surface area contributed by atoms with E-state index in [2.05, 4.69) is 4.98 Å². The zero-order valence-electron chi connectivity index (χ0n) is 10.7.